The fourth-order valence-corrected chi connectivity index (χ4v) is 2.20. The Bertz CT molecular complexity index is 902. The molecule has 27 heavy (non-hydrogen) atoms. The van der Waals surface area contributed by atoms with Gasteiger partial charge in [0.25, 0.3) is 11.6 Å². The zero-order valence-electron chi connectivity index (χ0n) is 14.4. The first-order valence-electron chi connectivity index (χ1n) is 7.62. The van der Waals surface area contributed by atoms with Crippen LogP contribution in [0.5, 0.6) is 5.75 Å². The van der Waals surface area contributed by atoms with E-state index >= 15 is 0 Å². The minimum Gasteiger partial charge on any atom is -0.494 e. The van der Waals surface area contributed by atoms with Gasteiger partial charge < -0.3 is 20.5 Å². The molecule has 10 heteroatoms. The molecule has 0 aromatic heterocycles. The van der Waals surface area contributed by atoms with Gasteiger partial charge in [-0.05, 0) is 31.2 Å². The highest BCUT2D eigenvalue weighted by Crippen LogP contribution is 2.29. The summed E-state index contributed by atoms with van der Waals surface area (Å²) in [5, 5.41) is 13.6. The molecule has 1 atom stereocenters. The fraction of sp³-hybridized carbons (Fsp3) is 0.176. The summed E-state index contributed by atoms with van der Waals surface area (Å²) < 4.78 is 10.1. The van der Waals surface area contributed by atoms with Crippen molar-refractivity contribution in [1.29, 1.82) is 0 Å². The van der Waals surface area contributed by atoms with Gasteiger partial charge in [-0.1, -0.05) is 11.6 Å². The number of ether oxygens (including phenoxy) is 2. The third-order valence-electron chi connectivity index (χ3n) is 3.54. The highest BCUT2D eigenvalue weighted by Gasteiger charge is 2.21. The summed E-state index contributed by atoms with van der Waals surface area (Å²) in [6.07, 6.45) is -1.14. The van der Waals surface area contributed by atoms with Crippen LogP contribution in [0.2, 0.25) is 5.02 Å². The Morgan fingerprint density at radius 3 is 2.56 bits per heavy atom. The van der Waals surface area contributed by atoms with Crippen LogP contribution in [-0.2, 0) is 9.53 Å². The molecule has 142 valence electrons. The molecule has 3 N–H and O–H groups in total. The van der Waals surface area contributed by atoms with Crippen molar-refractivity contribution in [2.24, 2.45) is 0 Å². The lowest BCUT2D eigenvalue weighted by Gasteiger charge is -2.15. The molecule has 0 saturated heterocycles. The van der Waals surface area contributed by atoms with Crippen LogP contribution in [0.4, 0.5) is 17.1 Å². The van der Waals surface area contributed by atoms with Crippen LogP contribution in [0.3, 0.4) is 0 Å². The number of halogens is 1. The Balaban J connectivity index is 2.08. The number of anilines is 2. The van der Waals surface area contributed by atoms with E-state index in [2.05, 4.69) is 5.32 Å². The van der Waals surface area contributed by atoms with Crippen LogP contribution >= 0.6 is 11.6 Å². The summed E-state index contributed by atoms with van der Waals surface area (Å²) in [4.78, 5) is 34.6. The molecule has 0 bridgehead atoms. The Morgan fingerprint density at radius 2 is 1.96 bits per heavy atom. The number of nitrogens with one attached hydrogen (secondary N) is 1. The molecular formula is C17H16ClN3O6. The predicted octanol–water partition coefficient (Wildman–Crippen LogP) is 3.02. The highest BCUT2D eigenvalue weighted by atomic mass is 35.5. The molecule has 0 spiro atoms. The summed E-state index contributed by atoms with van der Waals surface area (Å²) in [5.74, 6) is -1.30. The second kappa shape index (κ2) is 8.37. The van der Waals surface area contributed by atoms with E-state index in [9.17, 15) is 19.7 Å². The second-order valence-corrected chi connectivity index (χ2v) is 5.82. The first kappa shape index (κ1) is 20.0. The molecule has 0 aliphatic carbocycles. The smallest absolute Gasteiger partial charge is 0.338 e. The van der Waals surface area contributed by atoms with Gasteiger partial charge in [0.15, 0.2) is 6.10 Å². The van der Waals surface area contributed by atoms with E-state index in [1.165, 1.54) is 50.4 Å². The Kier molecular flexibility index (Phi) is 6.19. The third kappa shape index (κ3) is 4.85. The molecule has 0 fully saturated rings. The molecule has 0 aliphatic heterocycles. The number of hydrogen-bond acceptors (Lipinski definition) is 7. The van der Waals surface area contributed by atoms with E-state index in [-0.39, 0.29) is 28.4 Å². The molecule has 2 rings (SSSR count). The number of benzene rings is 2. The van der Waals surface area contributed by atoms with E-state index in [4.69, 9.17) is 26.8 Å². The maximum Gasteiger partial charge on any atom is 0.338 e. The van der Waals surface area contributed by atoms with E-state index in [0.29, 0.717) is 5.02 Å². The molecular weight excluding hydrogens is 378 g/mol. The fourth-order valence-electron chi connectivity index (χ4n) is 2.08. The monoisotopic (exact) mass is 393 g/mol. The zero-order valence-corrected chi connectivity index (χ0v) is 15.1. The zero-order chi connectivity index (χ0) is 20.1. The second-order valence-electron chi connectivity index (χ2n) is 5.41. The average molecular weight is 394 g/mol. The van der Waals surface area contributed by atoms with Crippen LogP contribution in [0.1, 0.15) is 17.3 Å². The molecule has 2 aromatic rings. The van der Waals surface area contributed by atoms with Crippen molar-refractivity contribution in [1.82, 2.24) is 0 Å². The summed E-state index contributed by atoms with van der Waals surface area (Å²) in [5.41, 5.74) is 6.00. The van der Waals surface area contributed by atoms with Crippen LogP contribution in [-0.4, -0.2) is 30.0 Å². The first-order chi connectivity index (χ1) is 12.7. The number of nitrogens with zero attached hydrogens (tertiary/aromatic N) is 1. The number of amides is 1. The summed E-state index contributed by atoms with van der Waals surface area (Å²) >= 11 is 5.80. The highest BCUT2D eigenvalue weighted by molar-refractivity contribution is 6.33. The minimum atomic E-state index is -1.14. The van der Waals surface area contributed by atoms with Gasteiger partial charge in [-0.25, -0.2) is 4.79 Å². The van der Waals surface area contributed by atoms with Crippen molar-refractivity contribution in [3.8, 4) is 5.75 Å². The van der Waals surface area contributed by atoms with Crippen LogP contribution < -0.4 is 15.8 Å². The standard InChI is InChI=1S/C17H16ClN3O6/c1-9(27-17(23)10-3-5-12(18)13(19)7-10)16(22)20-14-6-4-11(21(24)25)8-15(14)26-2/h3-9H,19H2,1-2H3,(H,20,22)/t9-/m0/s1. The number of carbonyl (C=O) groups is 2. The van der Waals surface area contributed by atoms with Gasteiger partial charge >= 0.3 is 5.97 Å². The van der Waals surface area contributed by atoms with Crippen molar-refractivity contribution in [3.63, 3.8) is 0 Å². The number of hydrogen-bond donors (Lipinski definition) is 2. The van der Waals surface area contributed by atoms with Gasteiger partial charge in [0.1, 0.15) is 5.75 Å². The van der Waals surface area contributed by atoms with Gasteiger partial charge in [0.05, 0.1) is 40.1 Å². The molecule has 0 aliphatic rings. The molecule has 2 aromatic carbocycles. The molecule has 0 radical (unpaired) electrons. The van der Waals surface area contributed by atoms with Crippen molar-refractivity contribution in [3.05, 3.63) is 57.1 Å². The summed E-state index contributed by atoms with van der Waals surface area (Å²) in [6, 6.07) is 7.91. The van der Waals surface area contributed by atoms with E-state index in [1.807, 2.05) is 0 Å². The number of nitro benzene ring substituents is 1. The number of non-ortho nitro benzene ring substituents is 1. The maximum atomic E-state index is 12.3. The summed E-state index contributed by atoms with van der Waals surface area (Å²) in [7, 11) is 1.31. The molecule has 9 nitrogen and oxygen atoms in total. The molecule has 1 amide bonds. The Labute approximate surface area is 159 Å². The van der Waals surface area contributed by atoms with Gasteiger partial charge in [-0.15, -0.1) is 0 Å². The summed E-state index contributed by atoms with van der Waals surface area (Å²) in [6.45, 7) is 1.38. The van der Waals surface area contributed by atoms with Crippen molar-refractivity contribution < 1.29 is 24.0 Å². The number of esters is 1. The predicted molar refractivity (Wildman–Crippen MR) is 99.0 cm³/mol. The molecule has 0 saturated carbocycles. The van der Waals surface area contributed by atoms with Crippen LogP contribution in [0, 0.1) is 10.1 Å². The number of rotatable bonds is 6. The number of nitro groups is 1. The van der Waals surface area contributed by atoms with Crippen molar-refractivity contribution >= 4 is 40.5 Å². The van der Waals surface area contributed by atoms with Crippen molar-refractivity contribution in [2.75, 3.05) is 18.2 Å². The largest absolute Gasteiger partial charge is 0.494 e. The lowest BCUT2D eigenvalue weighted by Crippen LogP contribution is -2.30. The quantitative estimate of drug-likeness (QED) is 0.333. The van der Waals surface area contributed by atoms with E-state index in [0.717, 1.165) is 0 Å². The molecule has 0 unspecified atom stereocenters. The lowest BCUT2D eigenvalue weighted by molar-refractivity contribution is -0.384. The Morgan fingerprint density at radius 1 is 1.26 bits per heavy atom. The van der Waals surface area contributed by atoms with Crippen LogP contribution in [0.15, 0.2) is 36.4 Å². The van der Waals surface area contributed by atoms with E-state index < -0.39 is 22.9 Å². The van der Waals surface area contributed by atoms with Gasteiger partial charge in [-0.2, -0.15) is 0 Å². The van der Waals surface area contributed by atoms with Gasteiger partial charge in [-0.3, -0.25) is 14.9 Å². The van der Waals surface area contributed by atoms with Crippen LogP contribution in [0.25, 0.3) is 0 Å². The topological polar surface area (TPSA) is 134 Å². The third-order valence-corrected chi connectivity index (χ3v) is 3.88. The normalized spacial score (nSPS) is 11.4. The minimum absolute atomic E-state index is 0.0987. The average Bonchev–Trinajstić information content (AvgIpc) is 2.63. The van der Waals surface area contributed by atoms with Crippen molar-refractivity contribution in [2.45, 2.75) is 13.0 Å². The lowest BCUT2D eigenvalue weighted by atomic mass is 10.2. The number of nitrogens with two attached hydrogens (primary N) is 1. The number of methoxy groups -OCH3 is 1. The first-order valence-corrected chi connectivity index (χ1v) is 8.00. The molecule has 0 heterocycles. The van der Waals surface area contributed by atoms with E-state index in [1.54, 1.807) is 0 Å². The SMILES string of the molecule is COc1cc([N+](=O)[O-])ccc1NC(=O)[C@H](C)OC(=O)c1ccc(Cl)c(N)c1. The maximum absolute atomic E-state index is 12.3. The van der Waals surface area contributed by atoms with Gasteiger partial charge in [0, 0.05) is 6.07 Å². The van der Waals surface area contributed by atoms with Gasteiger partial charge in [0.2, 0.25) is 0 Å². The number of carbonyl (C=O) groups excluding carboxylic acids is 2. The Hall–Kier alpha value is -3.33. The number of nitrogen functional groups attached to an aromatic ring is 1.